The number of nitrogens with zero attached hydrogens (tertiary/aromatic N) is 1. The average Bonchev–Trinajstić information content (AvgIpc) is 2.27. The topological polar surface area (TPSA) is 66.5 Å². The lowest BCUT2D eigenvalue weighted by Crippen LogP contribution is -2.26. The number of halogens is 1. The molecule has 0 saturated heterocycles. The van der Waals surface area contributed by atoms with Crippen molar-refractivity contribution < 1.29 is 13.2 Å². The molecular formula is C11H15ClN2O3S. The van der Waals surface area contributed by atoms with E-state index in [1.807, 2.05) is 0 Å². The zero-order valence-electron chi connectivity index (χ0n) is 10.4. The van der Waals surface area contributed by atoms with Gasteiger partial charge in [-0.3, -0.25) is 9.10 Å². The normalized spacial score (nSPS) is 11.1. The monoisotopic (exact) mass is 290 g/mol. The quantitative estimate of drug-likeness (QED) is 0.913. The first-order chi connectivity index (χ1) is 8.27. The van der Waals surface area contributed by atoms with E-state index in [0.717, 1.165) is 10.6 Å². The zero-order chi connectivity index (χ0) is 13.9. The van der Waals surface area contributed by atoms with E-state index in [-0.39, 0.29) is 16.5 Å². The number of benzene rings is 1. The fourth-order valence-corrected chi connectivity index (χ4v) is 2.03. The minimum atomic E-state index is -3.36. The predicted molar refractivity (Wildman–Crippen MR) is 72.7 cm³/mol. The largest absolute Gasteiger partial charge is 0.352 e. The molecule has 0 aliphatic rings. The lowest BCUT2D eigenvalue weighted by atomic mass is 10.2. The summed E-state index contributed by atoms with van der Waals surface area (Å²) in [5.74, 6) is -0.328. The predicted octanol–water partition coefficient (Wildman–Crippen LogP) is 1.49. The fourth-order valence-electron chi connectivity index (χ4n) is 1.33. The Morgan fingerprint density at radius 3 is 2.56 bits per heavy atom. The molecular weight excluding hydrogens is 276 g/mol. The van der Waals surface area contributed by atoms with E-state index in [1.165, 1.54) is 19.2 Å². The Balaban J connectivity index is 3.20. The van der Waals surface area contributed by atoms with Gasteiger partial charge in [-0.2, -0.15) is 0 Å². The van der Waals surface area contributed by atoms with Crippen molar-refractivity contribution in [2.24, 2.45) is 0 Å². The maximum Gasteiger partial charge on any atom is 0.252 e. The van der Waals surface area contributed by atoms with Crippen LogP contribution in [0.15, 0.2) is 18.2 Å². The number of sulfonamides is 1. The van der Waals surface area contributed by atoms with E-state index in [2.05, 4.69) is 5.32 Å². The van der Waals surface area contributed by atoms with E-state index in [4.69, 9.17) is 11.6 Å². The second-order valence-electron chi connectivity index (χ2n) is 3.75. The molecule has 0 unspecified atom stereocenters. The summed E-state index contributed by atoms with van der Waals surface area (Å²) in [6, 6.07) is 4.50. The molecule has 0 heterocycles. The summed E-state index contributed by atoms with van der Waals surface area (Å²) >= 11 is 5.92. The number of amides is 1. The van der Waals surface area contributed by atoms with Gasteiger partial charge in [-0.1, -0.05) is 11.6 Å². The van der Waals surface area contributed by atoms with Crippen molar-refractivity contribution in [3.8, 4) is 0 Å². The van der Waals surface area contributed by atoms with Crippen LogP contribution in [0, 0.1) is 0 Å². The first kappa shape index (κ1) is 14.8. The summed E-state index contributed by atoms with van der Waals surface area (Å²) in [4.78, 5) is 11.7. The van der Waals surface area contributed by atoms with E-state index in [9.17, 15) is 13.2 Å². The van der Waals surface area contributed by atoms with Crippen LogP contribution in [0.2, 0.25) is 5.02 Å². The maximum absolute atomic E-state index is 11.7. The van der Waals surface area contributed by atoms with Crippen LogP contribution >= 0.6 is 11.6 Å². The molecule has 0 aliphatic heterocycles. The van der Waals surface area contributed by atoms with E-state index < -0.39 is 10.0 Å². The lowest BCUT2D eigenvalue weighted by molar-refractivity contribution is 0.0956. The van der Waals surface area contributed by atoms with Gasteiger partial charge in [-0.15, -0.1) is 0 Å². The minimum absolute atomic E-state index is 0.256. The number of hydrogen-bond acceptors (Lipinski definition) is 3. The van der Waals surface area contributed by atoms with Crippen LogP contribution in [0.1, 0.15) is 17.3 Å². The Kier molecular flexibility index (Phi) is 4.59. The molecule has 1 rings (SSSR count). The highest BCUT2D eigenvalue weighted by Gasteiger charge is 2.16. The zero-order valence-corrected chi connectivity index (χ0v) is 12.0. The van der Waals surface area contributed by atoms with Gasteiger partial charge in [0.25, 0.3) is 5.91 Å². The molecule has 5 nitrogen and oxygen atoms in total. The lowest BCUT2D eigenvalue weighted by Gasteiger charge is -2.17. The number of rotatable bonds is 4. The molecule has 0 fully saturated rings. The molecule has 7 heteroatoms. The van der Waals surface area contributed by atoms with Crippen LogP contribution in [0.3, 0.4) is 0 Å². The molecule has 0 atom stereocenters. The third-order valence-electron chi connectivity index (χ3n) is 2.39. The van der Waals surface area contributed by atoms with Crippen molar-refractivity contribution in [3.63, 3.8) is 0 Å². The minimum Gasteiger partial charge on any atom is -0.352 e. The highest BCUT2D eigenvalue weighted by atomic mass is 35.5. The van der Waals surface area contributed by atoms with Crippen LogP contribution < -0.4 is 9.62 Å². The van der Waals surface area contributed by atoms with Gasteiger partial charge in [0, 0.05) is 13.6 Å². The molecule has 0 saturated carbocycles. The van der Waals surface area contributed by atoms with Gasteiger partial charge in [0.15, 0.2) is 0 Å². The molecule has 18 heavy (non-hydrogen) atoms. The van der Waals surface area contributed by atoms with Crippen molar-refractivity contribution >= 4 is 33.2 Å². The van der Waals surface area contributed by atoms with E-state index >= 15 is 0 Å². The maximum atomic E-state index is 11.7. The summed E-state index contributed by atoms with van der Waals surface area (Å²) in [5.41, 5.74) is 0.648. The van der Waals surface area contributed by atoms with Gasteiger partial charge >= 0.3 is 0 Å². The van der Waals surface area contributed by atoms with E-state index in [0.29, 0.717) is 12.2 Å². The molecule has 0 spiro atoms. The Hall–Kier alpha value is -1.27. The molecule has 0 aromatic heterocycles. The average molecular weight is 291 g/mol. The summed E-state index contributed by atoms with van der Waals surface area (Å²) < 4.78 is 23.9. The van der Waals surface area contributed by atoms with Crippen molar-refractivity contribution in [1.82, 2.24) is 5.32 Å². The van der Waals surface area contributed by atoms with Gasteiger partial charge < -0.3 is 5.32 Å². The van der Waals surface area contributed by atoms with Crippen LogP contribution in [0.5, 0.6) is 0 Å². The molecule has 1 aromatic rings. The Morgan fingerprint density at radius 1 is 1.44 bits per heavy atom. The van der Waals surface area contributed by atoms with Crippen LogP contribution in [0.4, 0.5) is 5.69 Å². The third-order valence-corrected chi connectivity index (χ3v) is 3.93. The first-order valence-corrected chi connectivity index (χ1v) is 7.51. The van der Waals surface area contributed by atoms with Crippen LogP contribution in [-0.4, -0.2) is 34.2 Å². The van der Waals surface area contributed by atoms with Gasteiger partial charge in [0.1, 0.15) is 0 Å². The Labute approximate surface area is 112 Å². The molecule has 1 N–H and O–H groups in total. The summed E-state index contributed by atoms with van der Waals surface area (Å²) in [5, 5.41) is 2.90. The number of carbonyl (C=O) groups excluding carboxylic acids is 1. The third kappa shape index (κ3) is 3.36. The highest BCUT2D eigenvalue weighted by molar-refractivity contribution is 7.92. The van der Waals surface area contributed by atoms with Gasteiger partial charge in [-0.05, 0) is 25.1 Å². The number of carbonyl (C=O) groups is 1. The molecule has 0 radical (unpaired) electrons. The number of hydrogen-bond donors (Lipinski definition) is 1. The standard InChI is InChI=1S/C11H15ClN2O3S/c1-4-13-11(15)9-7-8(5-6-10(9)12)14(2)18(3,16)17/h5-7H,4H2,1-3H3,(H,13,15). The molecule has 100 valence electrons. The van der Waals surface area contributed by atoms with Crippen LogP contribution in [-0.2, 0) is 10.0 Å². The molecule has 1 aromatic carbocycles. The van der Waals surface area contributed by atoms with Crippen molar-refractivity contribution in [1.29, 1.82) is 0 Å². The summed E-state index contributed by atoms with van der Waals surface area (Å²) in [6.07, 6.45) is 1.09. The summed E-state index contributed by atoms with van der Waals surface area (Å²) in [6.45, 7) is 2.26. The Bertz CT molecular complexity index is 557. The van der Waals surface area contributed by atoms with Gasteiger partial charge in [-0.25, -0.2) is 8.42 Å². The Morgan fingerprint density at radius 2 is 2.06 bits per heavy atom. The van der Waals surface area contributed by atoms with Crippen molar-refractivity contribution in [2.75, 3.05) is 24.2 Å². The van der Waals surface area contributed by atoms with Crippen molar-refractivity contribution in [3.05, 3.63) is 28.8 Å². The highest BCUT2D eigenvalue weighted by Crippen LogP contribution is 2.23. The second kappa shape index (κ2) is 5.58. The number of anilines is 1. The second-order valence-corrected chi connectivity index (χ2v) is 6.18. The summed E-state index contributed by atoms with van der Waals surface area (Å²) in [7, 11) is -1.95. The fraction of sp³-hybridized carbons (Fsp3) is 0.364. The van der Waals surface area contributed by atoms with Crippen molar-refractivity contribution in [2.45, 2.75) is 6.92 Å². The van der Waals surface area contributed by atoms with Crippen LogP contribution in [0.25, 0.3) is 0 Å². The molecule has 0 aliphatic carbocycles. The van der Waals surface area contributed by atoms with Gasteiger partial charge in [0.05, 0.1) is 22.5 Å². The smallest absolute Gasteiger partial charge is 0.252 e. The molecule has 0 bridgehead atoms. The number of nitrogens with one attached hydrogen (secondary N) is 1. The van der Waals surface area contributed by atoms with Gasteiger partial charge in [0.2, 0.25) is 10.0 Å². The van der Waals surface area contributed by atoms with E-state index in [1.54, 1.807) is 13.0 Å². The molecule has 1 amide bonds. The first-order valence-electron chi connectivity index (χ1n) is 5.29. The SMILES string of the molecule is CCNC(=O)c1cc(N(C)S(C)(=O)=O)ccc1Cl.